The molecule has 0 saturated carbocycles. The minimum atomic E-state index is -0.271. The second kappa shape index (κ2) is 8.28. The van der Waals surface area contributed by atoms with Crippen molar-refractivity contribution in [1.82, 2.24) is 0 Å². The van der Waals surface area contributed by atoms with Gasteiger partial charge in [-0.1, -0.05) is 24.3 Å². The fraction of sp³-hybridized carbons (Fsp3) is 0.333. The molecule has 0 aromatic heterocycles. The zero-order valence-electron chi connectivity index (χ0n) is 9.28. The molecule has 0 amide bonds. The van der Waals surface area contributed by atoms with E-state index >= 15 is 0 Å². The molecule has 0 aliphatic rings. The standard InChI is InChI=1S/C12H16FNO.ClH/c1-15-9-11-4-2-3-10(7-11)5-6-12(13)8-14;/h2-4,6-7H,5,8-9,14H2,1H3;1H/b12-6-;. The highest BCUT2D eigenvalue weighted by molar-refractivity contribution is 5.85. The molecule has 1 aromatic carbocycles. The summed E-state index contributed by atoms with van der Waals surface area (Å²) in [6.45, 7) is 0.550. The van der Waals surface area contributed by atoms with Gasteiger partial charge in [-0.15, -0.1) is 12.4 Å². The number of ether oxygens (including phenoxy) is 1. The number of halogens is 2. The van der Waals surface area contributed by atoms with Gasteiger partial charge in [0.1, 0.15) is 5.83 Å². The van der Waals surface area contributed by atoms with Crippen LogP contribution in [0.4, 0.5) is 4.39 Å². The number of allylic oxidation sites excluding steroid dienone is 1. The summed E-state index contributed by atoms with van der Waals surface area (Å²) in [6, 6.07) is 7.89. The predicted molar refractivity (Wildman–Crippen MR) is 66.4 cm³/mol. The van der Waals surface area contributed by atoms with E-state index in [0.29, 0.717) is 13.0 Å². The Bertz CT molecular complexity index is 342. The monoisotopic (exact) mass is 245 g/mol. The molecule has 0 fully saturated rings. The molecule has 1 rings (SSSR count). The fourth-order valence-electron chi connectivity index (χ4n) is 1.33. The lowest BCUT2D eigenvalue weighted by Crippen LogP contribution is -1.99. The summed E-state index contributed by atoms with van der Waals surface area (Å²) in [5.41, 5.74) is 7.31. The molecule has 0 saturated heterocycles. The van der Waals surface area contributed by atoms with Gasteiger partial charge in [-0.2, -0.15) is 0 Å². The third kappa shape index (κ3) is 5.26. The van der Waals surface area contributed by atoms with Crippen molar-refractivity contribution in [3.63, 3.8) is 0 Å². The molecule has 4 heteroatoms. The summed E-state index contributed by atoms with van der Waals surface area (Å²) in [7, 11) is 1.65. The van der Waals surface area contributed by atoms with Crippen molar-refractivity contribution in [3.05, 3.63) is 47.3 Å². The van der Waals surface area contributed by atoms with Crippen LogP contribution in [0, 0.1) is 0 Å². The quantitative estimate of drug-likeness (QED) is 0.866. The van der Waals surface area contributed by atoms with Gasteiger partial charge in [-0.05, 0) is 23.6 Å². The third-order valence-electron chi connectivity index (χ3n) is 2.06. The first-order valence-corrected chi connectivity index (χ1v) is 4.87. The molecule has 0 aliphatic carbocycles. The van der Waals surface area contributed by atoms with Crippen LogP contribution in [0.25, 0.3) is 0 Å². The van der Waals surface area contributed by atoms with Gasteiger partial charge < -0.3 is 10.5 Å². The van der Waals surface area contributed by atoms with Crippen LogP contribution in [0.5, 0.6) is 0 Å². The van der Waals surface area contributed by atoms with Crippen LogP contribution < -0.4 is 5.73 Å². The van der Waals surface area contributed by atoms with Gasteiger partial charge in [0.25, 0.3) is 0 Å². The van der Waals surface area contributed by atoms with Gasteiger partial charge >= 0.3 is 0 Å². The molecule has 16 heavy (non-hydrogen) atoms. The molecule has 2 nitrogen and oxygen atoms in total. The van der Waals surface area contributed by atoms with Gasteiger partial charge in [0.15, 0.2) is 0 Å². The van der Waals surface area contributed by atoms with Crippen LogP contribution in [0.2, 0.25) is 0 Å². The van der Waals surface area contributed by atoms with E-state index in [0.717, 1.165) is 11.1 Å². The summed E-state index contributed by atoms with van der Waals surface area (Å²) >= 11 is 0. The van der Waals surface area contributed by atoms with Crippen molar-refractivity contribution in [3.8, 4) is 0 Å². The van der Waals surface area contributed by atoms with Crippen LogP contribution in [0.3, 0.4) is 0 Å². The largest absolute Gasteiger partial charge is 0.380 e. The van der Waals surface area contributed by atoms with Crippen molar-refractivity contribution in [1.29, 1.82) is 0 Å². The normalized spacial score (nSPS) is 11.1. The fourth-order valence-corrected chi connectivity index (χ4v) is 1.33. The van der Waals surface area contributed by atoms with Gasteiger partial charge in [0.2, 0.25) is 0 Å². The van der Waals surface area contributed by atoms with Crippen LogP contribution >= 0.6 is 12.4 Å². The topological polar surface area (TPSA) is 35.2 Å². The molecule has 0 bridgehead atoms. The zero-order chi connectivity index (χ0) is 11.1. The summed E-state index contributed by atoms with van der Waals surface area (Å²) < 4.78 is 17.8. The van der Waals surface area contributed by atoms with E-state index in [1.165, 1.54) is 6.08 Å². The molecular formula is C12H17ClFNO. The Morgan fingerprint density at radius 2 is 2.12 bits per heavy atom. The first-order chi connectivity index (χ1) is 7.26. The number of benzene rings is 1. The maximum atomic E-state index is 12.8. The van der Waals surface area contributed by atoms with Crippen molar-refractivity contribution in [2.45, 2.75) is 13.0 Å². The maximum Gasteiger partial charge on any atom is 0.110 e. The van der Waals surface area contributed by atoms with Crippen LogP contribution in [0.15, 0.2) is 36.2 Å². The van der Waals surface area contributed by atoms with Gasteiger partial charge in [0, 0.05) is 13.7 Å². The highest BCUT2D eigenvalue weighted by Crippen LogP contribution is 2.08. The number of hydrogen-bond acceptors (Lipinski definition) is 2. The second-order valence-electron chi connectivity index (χ2n) is 3.31. The first kappa shape index (κ1) is 15.1. The van der Waals surface area contributed by atoms with Crippen molar-refractivity contribution >= 4 is 12.4 Å². The number of rotatable bonds is 5. The first-order valence-electron chi connectivity index (χ1n) is 4.87. The van der Waals surface area contributed by atoms with E-state index in [-0.39, 0.29) is 24.8 Å². The zero-order valence-corrected chi connectivity index (χ0v) is 10.1. The maximum absolute atomic E-state index is 12.8. The molecule has 90 valence electrons. The Balaban J connectivity index is 0.00000225. The summed E-state index contributed by atoms with van der Waals surface area (Å²) in [6.07, 6.45) is 2.08. The van der Waals surface area contributed by atoms with Crippen molar-refractivity contribution < 1.29 is 9.13 Å². The smallest absolute Gasteiger partial charge is 0.110 e. The Hall–Kier alpha value is -0.900. The molecule has 1 aromatic rings. The average molecular weight is 246 g/mol. The van der Waals surface area contributed by atoms with Crippen LogP contribution in [-0.4, -0.2) is 13.7 Å². The summed E-state index contributed by atoms with van der Waals surface area (Å²) in [5.74, 6) is -0.271. The van der Waals surface area contributed by atoms with Crippen LogP contribution in [0.1, 0.15) is 11.1 Å². The van der Waals surface area contributed by atoms with Crippen molar-refractivity contribution in [2.24, 2.45) is 5.73 Å². The van der Waals surface area contributed by atoms with Gasteiger partial charge in [-0.25, -0.2) is 4.39 Å². The Morgan fingerprint density at radius 3 is 2.75 bits per heavy atom. The molecule has 0 atom stereocenters. The van der Waals surface area contributed by atoms with E-state index in [9.17, 15) is 4.39 Å². The van der Waals surface area contributed by atoms with E-state index in [4.69, 9.17) is 10.5 Å². The molecule has 0 aliphatic heterocycles. The number of nitrogens with two attached hydrogens (primary N) is 1. The molecule has 0 spiro atoms. The van der Waals surface area contributed by atoms with Gasteiger partial charge in [0.05, 0.1) is 6.61 Å². The molecule has 0 heterocycles. The lowest BCUT2D eigenvalue weighted by atomic mass is 10.1. The van der Waals surface area contributed by atoms with Crippen molar-refractivity contribution in [2.75, 3.05) is 13.7 Å². The average Bonchev–Trinajstić information content (AvgIpc) is 2.27. The lowest BCUT2D eigenvalue weighted by Gasteiger charge is -2.02. The third-order valence-corrected chi connectivity index (χ3v) is 2.06. The number of hydrogen-bond donors (Lipinski definition) is 1. The Morgan fingerprint density at radius 1 is 1.44 bits per heavy atom. The summed E-state index contributed by atoms with van der Waals surface area (Å²) in [5, 5.41) is 0. The van der Waals surface area contributed by atoms with E-state index in [1.54, 1.807) is 7.11 Å². The minimum absolute atomic E-state index is 0. The molecule has 2 N–H and O–H groups in total. The molecular weight excluding hydrogens is 229 g/mol. The van der Waals surface area contributed by atoms with Crippen LogP contribution in [-0.2, 0) is 17.8 Å². The molecule has 0 radical (unpaired) electrons. The lowest BCUT2D eigenvalue weighted by molar-refractivity contribution is 0.185. The number of methoxy groups -OCH3 is 1. The Labute approximate surface area is 102 Å². The van der Waals surface area contributed by atoms with E-state index in [1.807, 2.05) is 24.3 Å². The highest BCUT2D eigenvalue weighted by atomic mass is 35.5. The summed E-state index contributed by atoms with van der Waals surface area (Å²) in [4.78, 5) is 0. The van der Waals surface area contributed by atoms with E-state index < -0.39 is 0 Å². The second-order valence-corrected chi connectivity index (χ2v) is 3.31. The molecule has 0 unspecified atom stereocenters. The Kier molecular flexibility index (Phi) is 7.81. The SMILES string of the molecule is COCc1cccc(C/C=C(\F)CN)c1.Cl. The van der Waals surface area contributed by atoms with Gasteiger partial charge in [-0.3, -0.25) is 0 Å². The van der Waals surface area contributed by atoms with E-state index in [2.05, 4.69) is 0 Å². The highest BCUT2D eigenvalue weighted by Gasteiger charge is 1.95. The minimum Gasteiger partial charge on any atom is -0.380 e. The predicted octanol–water partition coefficient (Wildman–Crippen LogP) is 2.61.